The molecule has 0 saturated carbocycles. The number of hydrogen-bond donors (Lipinski definition) is 1. The van der Waals surface area contributed by atoms with Gasteiger partial charge < -0.3 is 19.5 Å². The number of nitrogens with one attached hydrogen (secondary N) is 1. The monoisotopic (exact) mass is 266 g/mol. The molecule has 0 atom stereocenters. The van der Waals surface area contributed by atoms with Gasteiger partial charge in [0.25, 0.3) is 0 Å². The van der Waals surface area contributed by atoms with Crippen LogP contribution < -0.4 is 5.32 Å². The number of likely N-dealkylation sites (tertiary alicyclic amines) is 1. The van der Waals surface area contributed by atoms with Crippen molar-refractivity contribution in [3.05, 3.63) is 18.2 Å². The van der Waals surface area contributed by atoms with E-state index in [-0.39, 0.29) is 12.5 Å². The summed E-state index contributed by atoms with van der Waals surface area (Å²) in [5.41, 5.74) is 0. The van der Waals surface area contributed by atoms with Crippen LogP contribution in [0, 0.1) is 0 Å². The van der Waals surface area contributed by atoms with E-state index in [1.807, 2.05) is 28.9 Å². The molecule has 2 rings (SSSR count). The molecule has 1 aliphatic heterocycles. The average Bonchev–Trinajstić information content (AvgIpc) is 2.83. The van der Waals surface area contributed by atoms with E-state index in [9.17, 15) is 4.79 Å². The van der Waals surface area contributed by atoms with Crippen molar-refractivity contribution in [3.63, 3.8) is 0 Å². The van der Waals surface area contributed by atoms with E-state index in [2.05, 4.69) is 10.3 Å². The van der Waals surface area contributed by atoms with E-state index < -0.39 is 0 Å². The minimum atomic E-state index is 0.0880. The zero-order valence-electron chi connectivity index (χ0n) is 11.6. The highest BCUT2D eigenvalue weighted by molar-refractivity contribution is 5.77. The van der Waals surface area contributed by atoms with Gasteiger partial charge in [-0.05, 0) is 12.8 Å². The summed E-state index contributed by atoms with van der Waals surface area (Å²) in [6.45, 7) is 2.58. The van der Waals surface area contributed by atoms with Crippen molar-refractivity contribution in [3.8, 4) is 0 Å². The van der Waals surface area contributed by atoms with E-state index in [0.717, 1.165) is 38.3 Å². The highest BCUT2D eigenvalue weighted by atomic mass is 16.5. The lowest BCUT2D eigenvalue weighted by Crippen LogP contribution is -2.45. The van der Waals surface area contributed by atoms with Gasteiger partial charge in [0.1, 0.15) is 12.4 Å². The van der Waals surface area contributed by atoms with Gasteiger partial charge in [-0.2, -0.15) is 0 Å². The lowest BCUT2D eigenvalue weighted by Gasteiger charge is -2.32. The van der Waals surface area contributed by atoms with Crippen LogP contribution in [0.5, 0.6) is 0 Å². The Bertz CT molecular complexity index is 411. The van der Waals surface area contributed by atoms with Crippen LogP contribution in [-0.4, -0.2) is 53.2 Å². The number of ether oxygens (including phenoxy) is 1. The quantitative estimate of drug-likeness (QED) is 0.824. The van der Waals surface area contributed by atoms with E-state index in [1.165, 1.54) is 0 Å². The fraction of sp³-hybridized carbons (Fsp3) is 0.692. The molecule has 19 heavy (non-hydrogen) atoms. The van der Waals surface area contributed by atoms with Gasteiger partial charge in [-0.1, -0.05) is 0 Å². The molecule has 6 heteroatoms. The first kappa shape index (κ1) is 14.0. The predicted octanol–water partition coefficient (Wildman–Crippen LogP) is 0.147. The number of aryl methyl sites for hydroxylation is 1. The summed E-state index contributed by atoms with van der Waals surface area (Å²) in [6, 6.07) is 0.461. The molecule has 1 amide bonds. The predicted molar refractivity (Wildman–Crippen MR) is 71.5 cm³/mol. The summed E-state index contributed by atoms with van der Waals surface area (Å²) in [5.74, 6) is 1.13. The molecule has 0 unspecified atom stereocenters. The van der Waals surface area contributed by atoms with Crippen LogP contribution in [0.4, 0.5) is 0 Å². The fourth-order valence-electron chi connectivity index (χ4n) is 2.35. The Balaban J connectivity index is 1.72. The molecule has 1 N–H and O–H groups in total. The van der Waals surface area contributed by atoms with Gasteiger partial charge in [-0.25, -0.2) is 4.98 Å². The highest BCUT2D eigenvalue weighted by Gasteiger charge is 2.22. The summed E-state index contributed by atoms with van der Waals surface area (Å²) < 4.78 is 6.89. The maximum Gasteiger partial charge on any atom is 0.248 e. The van der Waals surface area contributed by atoms with Gasteiger partial charge in [0.2, 0.25) is 5.91 Å². The molecule has 6 nitrogen and oxygen atoms in total. The SMILES string of the molecule is COCC(=O)N1CCC(NCc2nccn2C)CC1. The molecule has 1 aliphatic rings. The van der Waals surface area contributed by atoms with Gasteiger partial charge in [0, 0.05) is 45.7 Å². The maximum atomic E-state index is 11.7. The molecule has 1 fully saturated rings. The number of aromatic nitrogens is 2. The third-order valence-electron chi connectivity index (χ3n) is 3.59. The standard InChI is InChI=1S/C13H22N4O2/c1-16-8-5-14-12(16)9-15-11-3-6-17(7-4-11)13(18)10-19-2/h5,8,11,15H,3-4,6-7,9-10H2,1-2H3. The Labute approximate surface area is 113 Å². The number of methoxy groups -OCH3 is 1. The van der Waals surface area contributed by atoms with Crippen LogP contribution in [0.15, 0.2) is 12.4 Å². The van der Waals surface area contributed by atoms with Crippen molar-refractivity contribution in [2.75, 3.05) is 26.8 Å². The van der Waals surface area contributed by atoms with Crippen molar-refractivity contribution in [2.45, 2.75) is 25.4 Å². The summed E-state index contributed by atoms with van der Waals surface area (Å²) in [4.78, 5) is 17.8. The van der Waals surface area contributed by atoms with Crippen molar-refractivity contribution in [2.24, 2.45) is 7.05 Å². The van der Waals surface area contributed by atoms with Crippen molar-refractivity contribution in [1.29, 1.82) is 0 Å². The second kappa shape index (κ2) is 6.68. The van der Waals surface area contributed by atoms with Crippen LogP contribution in [-0.2, 0) is 23.1 Å². The normalized spacial score (nSPS) is 16.8. The van der Waals surface area contributed by atoms with Crippen molar-refractivity contribution >= 4 is 5.91 Å². The largest absolute Gasteiger partial charge is 0.375 e. The molecule has 0 aliphatic carbocycles. The van der Waals surface area contributed by atoms with Crippen LogP contribution in [0.1, 0.15) is 18.7 Å². The van der Waals surface area contributed by atoms with Gasteiger partial charge >= 0.3 is 0 Å². The molecule has 1 aromatic rings. The van der Waals surface area contributed by atoms with Gasteiger partial charge in [-0.15, -0.1) is 0 Å². The summed E-state index contributed by atoms with van der Waals surface area (Å²) in [6.07, 6.45) is 5.73. The van der Waals surface area contributed by atoms with Gasteiger partial charge in [-0.3, -0.25) is 4.79 Å². The average molecular weight is 266 g/mol. The topological polar surface area (TPSA) is 59.4 Å². The zero-order valence-corrected chi connectivity index (χ0v) is 11.6. The first-order valence-electron chi connectivity index (χ1n) is 6.67. The first-order valence-corrected chi connectivity index (χ1v) is 6.67. The number of carbonyl (C=O) groups is 1. The number of amides is 1. The van der Waals surface area contributed by atoms with Crippen LogP contribution in [0.3, 0.4) is 0 Å². The number of carbonyl (C=O) groups excluding carboxylic acids is 1. The molecule has 0 radical (unpaired) electrons. The Hall–Kier alpha value is -1.40. The zero-order chi connectivity index (χ0) is 13.7. The maximum absolute atomic E-state index is 11.7. The Morgan fingerprint density at radius 2 is 2.26 bits per heavy atom. The van der Waals surface area contributed by atoms with Crippen molar-refractivity contribution in [1.82, 2.24) is 19.8 Å². The lowest BCUT2D eigenvalue weighted by atomic mass is 10.1. The second-order valence-electron chi connectivity index (χ2n) is 4.92. The van der Waals surface area contributed by atoms with Crippen LogP contribution in [0.25, 0.3) is 0 Å². The molecule has 1 saturated heterocycles. The Morgan fingerprint density at radius 3 is 2.84 bits per heavy atom. The number of nitrogens with zero attached hydrogens (tertiary/aromatic N) is 3. The fourth-order valence-corrected chi connectivity index (χ4v) is 2.35. The van der Waals surface area contributed by atoms with E-state index >= 15 is 0 Å². The number of rotatable bonds is 5. The van der Waals surface area contributed by atoms with Gasteiger partial charge in [0.15, 0.2) is 0 Å². The molecular weight excluding hydrogens is 244 g/mol. The van der Waals surface area contributed by atoms with Crippen molar-refractivity contribution < 1.29 is 9.53 Å². The lowest BCUT2D eigenvalue weighted by molar-refractivity contribution is -0.136. The highest BCUT2D eigenvalue weighted by Crippen LogP contribution is 2.11. The molecule has 106 valence electrons. The first-order chi connectivity index (χ1) is 9.20. The second-order valence-corrected chi connectivity index (χ2v) is 4.92. The van der Waals surface area contributed by atoms with Crippen LogP contribution in [0.2, 0.25) is 0 Å². The third kappa shape index (κ3) is 3.78. The van der Waals surface area contributed by atoms with E-state index in [1.54, 1.807) is 7.11 Å². The summed E-state index contributed by atoms with van der Waals surface area (Å²) in [5, 5.41) is 3.50. The molecular formula is C13H22N4O2. The molecule has 0 spiro atoms. The molecule has 2 heterocycles. The Kier molecular flexibility index (Phi) is 4.93. The number of hydrogen-bond acceptors (Lipinski definition) is 4. The van der Waals surface area contributed by atoms with Gasteiger partial charge in [0.05, 0.1) is 6.54 Å². The Morgan fingerprint density at radius 1 is 1.53 bits per heavy atom. The van der Waals surface area contributed by atoms with E-state index in [4.69, 9.17) is 4.74 Å². The molecule has 0 aromatic carbocycles. The van der Waals surface area contributed by atoms with E-state index in [0.29, 0.717) is 6.04 Å². The summed E-state index contributed by atoms with van der Waals surface area (Å²) in [7, 11) is 3.55. The smallest absolute Gasteiger partial charge is 0.248 e. The number of imidazole rings is 1. The molecule has 1 aromatic heterocycles. The minimum Gasteiger partial charge on any atom is -0.375 e. The number of piperidine rings is 1. The summed E-state index contributed by atoms with van der Waals surface area (Å²) >= 11 is 0. The third-order valence-corrected chi connectivity index (χ3v) is 3.59. The molecule has 0 bridgehead atoms. The van der Waals surface area contributed by atoms with Crippen LogP contribution >= 0.6 is 0 Å². The minimum absolute atomic E-state index is 0.0880.